The van der Waals surface area contributed by atoms with Gasteiger partial charge in [0.1, 0.15) is 0 Å². The van der Waals surface area contributed by atoms with Gasteiger partial charge in [0.2, 0.25) is 11.8 Å². The summed E-state index contributed by atoms with van der Waals surface area (Å²) in [5.41, 5.74) is 3.87. The van der Waals surface area contributed by atoms with Crippen LogP contribution < -0.4 is 4.90 Å². The molecule has 4 nitrogen and oxygen atoms in total. The second-order valence-electron chi connectivity index (χ2n) is 8.88. The molecule has 2 aromatic rings. The smallest absolute Gasteiger partial charge is 0.237 e. The van der Waals surface area contributed by atoms with Crippen molar-refractivity contribution in [2.45, 2.75) is 51.4 Å². The lowest BCUT2D eigenvalue weighted by Crippen LogP contribution is -2.43. The number of hydrogen-bond acceptors (Lipinski definition) is 2. The quantitative estimate of drug-likeness (QED) is 0.758. The van der Waals surface area contributed by atoms with E-state index in [1.807, 2.05) is 47.9 Å². The minimum absolute atomic E-state index is 0.138. The Hall–Kier alpha value is -2.62. The summed E-state index contributed by atoms with van der Waals surface area (Å²) in [6.45, 7) is 8.46. The van der Waals surface area contributed by atoms with Crippen molar-refractivity contribution in [2.75, 3.05) is 24.5 Å². The van der Waals surface area contributed by atoms with Crippen molar-refractivity contribution in [2.24, 2.45) is 0 Å². The number of amides is 2. The lowest BCUT2D eigenvalue weighted by atomic mass is 9.80. The van der Waals surface area contributed by atoms with Crippen molar-refractivity contribution < 1.29 is 9.59 Å². The Morgan fingerprint density at radius 2 is 1.83 bits per heavy atom. The van der Waals surface area contributed by atoms with E-state index in [-0.39, 0.29) is 17.7 Å². The van der Waals surface area contributed by atoms with Crippen molar-refractivity contribution in [1.29, 1.82) is 0 Å². The zero-order valence-electron chi connectivity index (χ0n) is 17.6. The van der Waals surface area contributed by atoms with Crippen LogP contribution in [0.15, 0.2) is 48.5 Å². The van der Waals surface area contributed by atoms with Gasteiger partial charge in [-0.2, -0.15) is 0 Å². The summed E-state index contributed by atoms with van der Waals surface area (Å²) in [5, 5.41) is 0. The second kappa shape index (κ2) is 7.66. The van der Waals surface area contributed by atoms with Gasteiger partial charge in [0, 0.05) is 37.7 Å². The van der Waals surface area contributed by atoms with Gasteiger partial charge in [-0.05, 0) is 56.4 Å². The molecule has 1 saturated heterocycles. The van der Waals surface area contributed by atoms with E-state index in [0.29, 0.717) is 13.0 Å². The predicted molar refractivity (Wildman–Crippen MR) is 116 cm³/mol. The molecule has 29 heavy (non-hydrogen) atoms. The number of fused-ring (bicyclic) bond motifs is 1. The molecule has 2 aliphatic heterocycles. The number of anilines is 1. The van der Waals surface area contributed by atoms with Gasteiger partial charge in [-0.15, -0.1) is 0 Å². The van der Waals surface area contributed by atoms with E-state index in [1.165, 1.54) is 5.56 Å². The van der Waals surface area contributed by atoms with E-state index in [0.717, 1.165) is 42.7 Å². The lowest BCUT2D eigenvalue weighted by Gasteiger charge is -2.31. The third kappa shape index (κ3) is 3.57. The van der Waals surface area contributed by atoms with Gasteiger partial charge in [0.05, 0.1) is 5.41 Å². The first-order valence-corrected chi connectivity index (χ1v) is 10.6. The summed E-state index contributed by atoms with van der Waals surface area (Å²) in [6.07, 6.45) is 2.54. The number of carbonyl (C=O) groups excluding carboxylic acids is 2. The number of aryl methyl sites for hydroxylation is 1. The Bertz CT molecular complexity index is 934. The first-order chi connectivity index (χ1) is 13.9. The van der Waals surface area contributed by atoms with Crippen LogP contribution in [0.4, 0.5) is 5.69 Å². The second-order valence-corrected chi connectivity index (χ2v) is 8.88. The van der Waals surface area contributed by atoms with Gasteiger partial charge < -0.3 is 9.80 Å². The predicted octanol–water partition coefficient (Wildman–Crippen LogP) is 4.42. The largest absolute Gasteiger partial charge is 0.343 e. The summed E-state index contributed by atoms with van der Waals surface area (Å²) in [6, 6.07) is 16.4. The molecule has 2 heterocycles. The van der Waals surface area contributed by atoms with Crippen molar-refractivity contribution >= 4 is 17.5 Å². The van der Waals surface area contributed by atoms with Crippen LogP contribution in [0.2, 0.25) is 0 Å². The van der Waals surface area contributed by atoms with E-state index < -0.39 is 5.41 Å². The zero-order chi connectivity index (χ0) is 20.6. The van der Waals surface area contributed by atoms with Crippen LogP contribution in [-0.2, 0) is 15.0 Å². The summed E-state index contributed by atoms with van der Waals surface area (Å²) in [4.78, 5) is 29.6. The molecule has 0 radical (unpaired) electrons. The number of rotatable bonds is 5. The van der Waals surface area contributed by atoms with Gasteiger partial charge in [-0.1, -0.05) is 42.5 Å². The lowest BCUT2D eigenvalue weighted by molar-refractivity contribution is -0.128. The van der Waals surface area contributed by atoms with Crippen molar-refractivity contribution in [3.8, 4) is 0 Å². The topological polar surface area (TPSA) is 40.6 Å². The SMILES string of the molecule is Cc1ccccc1C(C)(C)C(=O)N1CC(CCN2CCCC2=O)c2ccccc21. The standard InChI is InChI=1S/C25H30N2O2/c1-18-9-4-6-11-21(18)25(2,3)24(29)27-17-19(20-10-5-7-12-22(20)27)14-16-26-15-8-13-23(26)28/h4-7,9-12,19H,8,13-17H2,1-3H3. The van der Waals surface area contributed by atoms with E-state index in [2.05, 4.69) is 31.2 Å². The average Bonchev–Trinajstić information content (AvgIpc) is 3.29. The molecule has 1 fully saturated rings. The summed E-state index contributed by atoms with van der Waals surface area (Å²) < 4.78 is 0. The maximum Gasteiger partial charge on any atom is 0.237 e. The third-order valence-corrected chi connectivity index (χ3v) is 6.59. The Balaban J connectivity index is 1.57. The number of likely N-dealkylation sites (tertiary alicyclic amines) is 1. The van der Waals surface area contributed by atoms with Crippen LogP contribution in [0.1, 0.15) is 55.7 Å². The molecular formula is C25H30N2O2. The van der Waals surface area contributed by atoms with Crippen LogP contribution >= 0.6 is 0 Å². The fourth-order valence-corrected chi connectivity index (χ4v) is 4.91. The molecule has 1 atom stereocenters. The molecule has 0 aliphatic carbocycles. The molecule has 4 heteroatoms. The number of nitrogens with zero attached hydrogens (tertiary/aromatic N) is 2. The zero-order valence-corrected chi connectivity index (χ0v) is 17.6. The molecule has 4 rings (SSSR count). The maximum atomic E-state index is 13.7. The van der Waals surface area contributed by atoms with Gasteiger partial charge >= 0.3 is 0 Å². The number of carbonyl (C=O) groups is 2. The first-order valence-electron chi connectivity index (χ1n) is 10.6. The van der Waals surface area contributed by atoms with Gasteiger partial charge in [0.25, 0.3) is 0 Å². The van der Waals surface area contributed by atoms with Crippen molar-refractivity contribution in [1.82, 2.24) is 4.90 Å². The molecule has 2 aromatic carbocycles. The van der Waals surface area contributed by atoms with Crippen LogP contribution in [0.25, 0.3) is 0 Å². The molecule has 2 aliphatic rings. The molecule has 2 amide bonds. The Morgan fingerprint density at radius 3 is 2.55 bits per heavy atom. The molecule has 0 N–H and O–H groups in total. The minimum Gasteiger partial charge on any atom is -0.343 e. The molecule has 1 unspecified atom stereocenters. The van der Waals surface area contributed by atoms with Crippen molar-refractivity contribution in [3.63, 3.8) is 0 Å². The first kappa shape index (κ1) is 19.7. The van der Waals surface area contributed by atoms with Gasteiger partial charge in [0.15, 0.2) is 0 Å². The highest BCUT2D eigenvalue weighted by molar-refractivity contribution is 6.02. The van der Waals surface area contributed by atoms with Gasteiger partial charge in [-0.3, -0.25) is 9.59 Å². The molecule has 0 spiro atoms. The molecular weight excluding hydrogens is 360 g/mol. The Kier molecular flexibility index (Phi) is 5.20. The Morgan fingerprint density at radius 1 is 1.10 bits per heavy atom. The minimum atomic E-state index is -0.599. The highest BCUT2D eigenvalue weighted by atomic mass is 16.2. The van der Waals surface area contributed by atoms with Crippen LogP contribution in [0, 0.1) is 6.92 Å². The molecule has 0 bridgehead atoms. The summed E-state index contributed by atoms with van der Waals surface area (Å²) in [5.74, 6) is 0.681. The Labute approximate surface area is 173 Å². The van der Waals surface area contributed by atoms with Crippen LogP contribution in [-0.4, -0.2) is 36.3 Å². The summed E-state index contributed by atoms with van der Waals surface area (Å²) >= 11 is 0. The molecule has 0 saturated carbocycles. The van der Waals surface area contributed by atoms with Gasteiger partial charge in [-0.25, -0.2) is 0 Å². The van der Waals surface area contributed by atoms with E-state index >= 15 is 0 Å². The number of hydrogen-bond donors (Lipinski definition) is 0. The van der Waals surface area contributed by atoms with E-state index in [1.54, 1.807) is 0 Å². The van der Waals surface area contributed by atoms with Crippen LogP contribution in [0.3, 0.4) is 0 Å². The van der Waals surface area contributed by atoms with E-state index in [4.69, 9.17) is 0 Å². The normalized spacial score (nSPS) is 19.0. The fraction of sp³-hybridized carbons (Fsp3) is 0.440. The van der Waals surface area contributed by atoms with E-state index in [9.17, 15) is 9.59 Å². The highest BCUT2D eigenvalue weighted by Crippen LogP contribution is 2.41. The number of para-hydroxylation sites is 1. The average molecular weight is 391 g/mol. The van der Waals surface area contributed by atoms with Crippen LogP contribution in [0.5, 0.6) is 0 Å². The highest BCUT2D eigenvalue weighted by Gasteiger charge is 2.40. The monoisotopic (exact) mass is 390 g/mol. The van der Waals surface area contributed by atoms with Crippen molar-refractivity contribution in [3.05, 3.63) is 65.2 Å². The molecule has 152 valence electrons. The maximum absolute atomic E-state index is 13.7. The third-order valence-electron chi connectivity index (χ3n) is 6.59. The number of benzene rings is 2. The fourth-order valence-electron chi connectivity index (χ4n) is 4.91. The molecule has 0 aromatic heterocycles. The summed E-state index contributed by atoms with van der Waals surface area (Å²) in [7, 11) is 0.